The molecular formula is C18H22N2O3. The highest BCUT2D eigenvalue weighted by atomic mass is 16.4. The number of amides is 1. The second-order valence-electron chi connectivity index (χ2n) is 6.14. The minimum atomic E-state index is -0.754. The first-order valence-electron chi connectivity index (χ1n) is 8.14. The van der Waals surface area contributed by atoms with Crippen LogP contribution in [-0.4, -0.2) is 39.5 Å². The van der Waals surface area contributed by atoms with E-state index in [0.717, 1.165) is 28.7 Å². The average Bonchev–Trinajstić information content (AvgIpc) is 2.86. The molecule has 2 heterocycles. The van der Waals surface area contributed by atoms with Crippen molar-refractivity contribution in [2.75, 3.05) is 13.1 Å². The fraction of sp³-hybridized carbons (Fsp3) is 0.444. The van der Waals surface area contributed by atoms with Gasteiger partial charge in [-0.05, 0) is 38.3 Å². The van der Waals surface area contributed by atoms with Gasteiger partial charge in [-0.3, -0.25) is 9.59 Å². The van der Waals surface area contributed by atoms with Gasteiger partial charge < -0.3 is 14.6 Å². The molecule has 1 saturated heterocycles. The molecule has 2 aromatic rings. The lowest BCUT2D eigenvalue weighted by molar-refractivity contribution is -0.143. The summed E-state index contributed by atoms with van der Waals surface area (Å²) in [5, 5.41) is 10.2. The van der Waals surface area contributed by atoms with E-state index in [1.165, 1.54) is 0 Å². The normalized spacial score (nSPS) is 16.0. The molecule has 1 amide bonds. The quantitative estimate of drug-likeness (QED) is 0.947. The highest BCUT2D eigenvalue weighted by Gasteiger charge is 2.30. The van der Waals surface area contributed by atoms with Crippen molar-refractivity contribution in [1.82, 2.24) is 9.47 Å². The average molecular weight is 314 g/mol. The molecule has 0 spiro atoms. The molecule has 1 aromatic heterocycles. The summed E-state index contributed by atoms with van der Waals surface area (Å²) in [6.07, 6.45) is 1.07. The third-order valence-corrected chi connectivity index (χ3v) is 4.87. The summed E-state index contributed by atoms with van der Waals surface area (Å²) in [5.41, 5.74) is 2.83. The predicted octanol–water partition coefficient (Wildman–Crippen LogP) is 2.91. The van der Waals surface area contributed by atoms with Crippen molar-refractivity contribution in [2.24, 2.45) is 5.92 Å². The van der Waals surface area contributed by atoms with Crippen LogP contribution in [0.5, 0.6) is 0 Å². The van der Waals surface area contributed by atoms with Gasteiger partial charge in [-0.2, -0.15) is 0 Å². The number of benzene rings is 1. The number of likely N-dealkylation sites (tertiary alicyclic amines) is 1. The van der Waals surface area contributed by atoms with E-state index in [9.17, 15) is 9.59 Å². The SMILES string of the molecule is CCn1c(C(=O)N2CCC(C(=O)O)CC2)c(C)c2ccccc21. The maximum Gasteiger partial charge on any atom is 0.306 e. The fourth-order valence-electron chi connectivity index (χ4n) is 3.56. The fourth-order valence-corrected chi connectivity index (χ4v) is 3.56. The van der Waals surface area contributed by atoms with Crippen LogP contribution in [0.2, 0.25) is 0 Å². The van der Waals surface area contributed by atoms with Gasteiger partial charge in [-0.1, -0.05) is 18.2 Å². The largest absolute Gasteiger partial charge is 0.481 e. The van der Waals surface area contributed by atoms with Crippen molar-refractivity contribution in [1.29, 1.82) is 0 Å². The molecule has 23 heavy (non-hydrogen) atoms. The van der Waals surface area contributed by atoms with Crippen LogP contribution in [0.25, 0.3) is 10.9 Å². The zero-order valence-corrected chi connectivity index (χ0v) is 13.6. The number of piperidine rings is 1. The van der Waals surface area contributed by atoms with E-state index in [1.54, 1.807) is 4.90 Å². The van der Waals surface area contributed by atoms with Gasteiger partial charge in [0, 0.05) is 30.5 Å². The Morgan fingerprint density at radius 1 is 1.22 bits per heavy atom. The molecule has 122 valence electrons. The van der Waals surface area contributed by atoms with Crippen molar-refractivity contribution in [3.63, 3.8) is 0 Å². The molecule has 5 heteroatoms. The van der Waals surface area contributed by atoms with Gasteiger partial charge in [0.25, 0.3) is 5.91 Å². The van der Waals surface area contributed by atoms with Gasteiger partial charge in [-0.25, -0.2) is 0 Å². The number of nitrogens with zero attached hydrogens (tertiary/aromatic N) is 2. The van der Waals surface area contributed by atoms with Gasteiger partial charge in [0.15, 0.2) is 0 Å². The van der Waals surface area contributed by atoms with Gasteiger partial charge in [0.1, 0.15) is 5.69 Å². The number of hydrogen-bond acceptors (Lipinski definition) is 2. The zero-order chi connectivity index (χ0) is 16.6. The summed E-state index contributed by atoms with van der Waals surface area (Å²) in [5.74, 6) is -1.06. The smallest absolute Gasteiger partial charge is 0.306 e. The van der Waals surface area contributed by atoms with Gasteiger partial charge in [0.05, 0.1) is 5.92 Å². The van der Waals surface area contributed by atoms with Gasteiger partial charge in [0.2, 0.25) is 0 Å². The number of carbonyl (C=O) groups excluding carboxylic acids is 1. The van der Waals surface area contributed by atoms with Crippen molar-refractivity contribution in [2.45, 2.75) is 33.2 Å². The van der Waals surface area contributed by atoms with Gasteiger partial charge in [-0.15, -0.1) is 0 Å². The molecule has 0 bridgehead atoms. The lowest BCUT2D eigenvalue weighted by atomic mass is 9.97. The van der Waals surface area contributed by atoms with Crippen LogP contribution >= 0.6 is 0 Å². The summed E-state index contributed by atoms with van der Waals surface area (Å²) in [6, 6.07) is 8.06. The van der Waals surface area contributed by atoms with E-state index >= 15 is 0 Å². The maximum absolute atomic E-state index is 13.0. The van der Waals surface area contributed by atoms with Crippen molar-refractivity contribution < 1.29 is 14.7 Å². The molecule has 3 rings (SSSR count). The molecule has 5 nitrogen and oxygen atoms in total. The Bertz CT molecular complexity index is 755. The minimum absolute atomic E-state index is 0.0180. The van der Waals surface area contributed by atoms with Gasteiger partial charge >= 0.3 is 5.97 Å². The van der Waals surface area contributed by atoms with Crippen LogP contribution in [0.4, 0.5) is 0 Å². The highest BCUT2D eigenvalue weighted by Crippen LogP contribution is 2.28. The predicted molar refractivity (Wildman–Crippen MR) is 88.6 cm³/mol. The number of aromatic nitrogens is 1. The van der Waals surface area contributed by atoms with Crippen LogP contribution in [0.1, 0.15) is 35.8 Å². The number of carbonyl (C=O) groups is 2. The Morgan fingerprint density at radius 2 is 1.87 bits per heavy atom. The Balaban J connectivity index is 1.93. The number of aryl methyl sites for hydroxylation is 2. The van der Waals surface area contributed by atoms with Crippen molar-refractivity contribution >= 4 is 22.8 Å². The molecule has 0 atom stereocenters. The summed E-state index contributed by atoms with van der Waals surface area (Å²) >= 11 is 0. The van der Waals surface area contributed by atoms with E-state index in [4.69, 9.17) is 5.11 Å². The lowest BCUT2D eigenvalue weighted by Crippen LogP contribution is -2.41. The summed E-state index contributed by atoms with van der Waals surface area (Å²) in [4.78, 5) is 25.9. The number of para-hydroxylation sites is 1. The highest BCUT2D eigenvalue weighted by molar-refractivity contribution is 6.01. The van der Waals surface area contributed by atoms with E-state index in [-0.39, 0.29) is 11.8 Å². The Kier molecular flexibility index (Phi) is 4.11. The van der Waals surface area contributed by atoms with E-state index in [1.807, 2.05) is 38.1 Å². The number of fused-ring (bicyclic) bond motifs is 1. The van der Waals surface area contributed by atoms with E-state index < -0.39 is 5.97 Å². The Hall–Kier alpha value is -2.30. The second kappa shape index (κ2) is 6.07. The zero-order valence-electron chi connectivity index (χ0n) is 13.6. The maximum atomic E-state index is 13.0. The molecule has 0 aliphatic carbocycles. The molecule has 1 aromatic carbocycles. The summed E-state index contributed by atoms with van der Waals surface area (Å²) in [7, 11) is 0. The van der Waals surface area contributed by atoms with E-state index in [2.05, 4.69) is 4.57 Å². The van der Waals surface area contributed by atoms with E-state index in [0.29, 0.717) is 25.9 Å². The summed E-state index contributed by atoms with van der Waals surface area (Å²) < 4.78 is 2.07. The van der Waals surface area contributed by atoms with Crippen molar-refractivity contribution in [3.05, 3.63) is 35.5 Å². The van der Waals surface area contributed by atoms with Crippen LogP contribution < -0.4 is 0 Å². The first kappa shape index (κ1) is 15.6. The number of rotatable bonds is 3. The monoisotopic (exact) mass is 314 g/mol. The third-order valence-electron chi connectivity index (χ3n) is 4.87. The molecule has 1 fully saturated rings. The van der Waals surface area contributed by atoms with Crippen LogP contribution in [0.15, 0.2) is 24.3 Å². The number of carboxylic acids is 1. The third kappa shape index (κ3) is 2.60. The van der Waals surface area contributed by atoms with Crippen LogP contribution in [-0.2, 0) is 11.3 Å². The molecular weight excluding hydrogens is 292 g/mol. The molecule has 0 unspecified atom stereocenters. The number of carboxylic acid groups (broad SMARTS) is 1. The first-order chi connectivity index (χ1) is 11.0. The molecule has 1 N–H and O–H groups in total. The van der Waals surface area contributed by atoms with Crippen LogP contribution in [0, 0.1) is 12.8 Å². The van der Waals surface area contributed by atoms with Crippen LogP contribution in [0.3, 0.4) is 0 Å². The minimum Gasteiger partial charge on any atom is -0.481 e. The molecule has 0 radical (unpaired) electrons. The lowest BCUT2D eigenvalue weighted by Gasteiger charge is -2.30. The second-order valence-corrected chi connectivity index (χ2v) is 6.14. The Labute approximate surface area is 135 Å². The first-order valence-corrected chi connectivity index (χ1v) is 8.14. The number of hydrogen-bond donors (Lipinski definition) is 1. The molecule has 1 aliphatic heterocycles. The van der Waals surface area contributed by atoms with Crippen molar-refractivity contribution in [3.8, 4) is 0 Å². The topological polar surface area (TPSA) is 62.5 Å². The molecule has 1 aliphatic rings. The Morgan fingerprint density at radius 3 is 2.48 bits per heavy atom. The molecule has 0 saturated carbocycles. The summed E-state index contributed by atoms with van der Waals surface area (Å²) in [6.45, 7) is 5.80. The number of aliphatic carboxylic acids is 1. The standard InChI is InChI=1S/C18H22N2O3/c1-3-20-15-7-5-4-6-14(15)12(2)16(20)17(21)19-10-8-13(9-11-19)18(22)23/h4-7,13H,3,8-11H2,1-2H3,(H,22,23).